The number of thioether (sulfide) groups is 1. The molecule has 4 nitrogen and oxygen atoms in total. The Bertz CT molecular complexity index is 696. The number of aliphatic carboxylic acids is 1. The number of hydrogen-bond acceptors (Lipinski definition) is 3. The van der Waals surface area contributed by atoms with Crippen LogP contribution in [-0.4, -0.2) is 64.0 Å². The van der Waals surface area contributed by atoms with Gasteiger partial charge in [-0.2, -0.15) is 57.1 Å². The van der Waals surface area contributed by atoms with Gasteiger partial charge in [-0.3, -0.25) is 9.59 Å². The van der Waals surface area contributed by atoms with Crippen LogP contribution in [0.25, 0.3) is 0 Å². The van der Waals surface area contributed by atoms with Gasteiger partial charge >= 0.3 is 41.8 Å². The Labute approximate surface area is 172 Å². The van der Waals surface area contributed by atoms with Gasteiger partial charge in [-0.25, -0.2) is 4.39 Å². The molecule has 0 radical (unpaired) electrons. The van der Waals surface area contributed by atoms with Crippen LogP contribution >= 0.6 is 11.8 Å². The van der Waals surface area contributed by atoms with Crippen molar-refractivity contribution in [2.45, 2.75) is 54.1 Å². The lowest BCUT2D eigenvalue weighted by Gasteiger charge is -2.40. The summed E-state index contributed by atoms with van der Waals surface area (Å²) in [5.41, 5.74) is 1.27. The molecule has 0 aromatic heterocycles. The highest BCUT2D eigenvalue weighted by Gasteiger charge is 2.90. The normalized spacial score (nSPS) is 16.6. The summed E-state index contributed by atoms with van der Waals surface area (Å²) in [6, 6.07) is 0. The summed E-state index contributed by atoms with van der Waals surface area (Å²) < 4.78 is 181. The molecule has 0 aromatic rings. The zero-order valence-corrected chi connectivity index (χ0v) is 15.6. The van der Waals surface area contributed by atoms with Crippen LogP contribution in [-0.2, 0) is 9.59 Å². The molecular formula is C13H11F14NO3S. The standard InChI is InChI=1S/C13H11F14NO3S/c14-5(32-3-4(7(28)31)1-6(29)30)2-8(15,16)9(17,18)10(19,20)11(21,22)12(23,24)13(25,26)27/h4-5H,1-3H2,(H2,28,31)(H,29,30). The molecular weight excluding hydrogens is 516 g/mol. The monoisotopic (exact) mass is 527 g/mol. The van der Waals surface area contributed by atoms with Gasteiger partial charge in [0.1, 0.15) is 0 Å². The van der Waals surface area contributed by atoms with Gasteiger partial charge in [0.25, 0.3) is 0 Å². The number of amides is 1. The first kappa shape index (κ1) is 30.3. The van der Waals surface area contributed by atoms with E-state index in [0.29, 0.717) is 0 Å². The molecule has 0 fully saturated rings. The number of carboxylic acids is 1. The molecule has 0 aliphatic heterocycles. The first-order valence-corrected chi connectivity index (χ1v) is 8.64. The Morgan fingerprint density at radius 2 is 1.19 bits per heavy atom. The summed E-state index contributed by atoms with van der Waals surface area (Å²) in [5.74, 6) is -44.3. The van der Waals surface area contributed by atoms with E-state index < -0.39 is 89.4 Å². The number of carboxylic acid groups (broad SMARTS) is 1. The van der Waals surface area contributed by atoms with Crippen molar-refractivity contribution in [3.8, 4) is 0 Å². The zero-order valence-electron chi connectivity index (χ0n) is 14.8. The summed E-state index contributed by atoms with van der Waals surface area (Å²) in [6.07, 6.45) is -11.8. The van der Waals surface area contributed by atoms with Gasteiger partial charge in [-0.1, -0.05) is 0 Å². The molecule has 0 saturated carbocycles. The van der Waals surface area contributed by atoms with Gasteiger partial charge < -0.3 is 10.8 Å². The molecule has 32 heavy (non-hydrogen) atoms. The van der Waals surface area contributed by atoms with E-state index in [2.05, 4.69) is 0 Å². The minimum absolute atomic E-state index is 0.579. The molecule has 0 saturated heterocycles. The van der Waals surface area contributed by atoms with Crippen LogP contribution in [0.4, 0.5) is 61.5 Å². The number of nitrogens with two attached hydrogens (primary N) is 1. The third-order valence-corrected chi connectivity index (χ3v) is 4.84. The Kier molecular flexibility index (Phi) is 8.79. The number of hydrogen-bond donors (Lipinski definition) is 2. The van der Waals surface area contributed by atoms with Gasteiger partial charge in [0, 0.05) is 5.75 Å². The van der Waals surface area contributed by atoms with Crippen LogP contribution in [0.15, 0.2) is 0 Å². The Hall–Kier alpha value is -1.69. The van der Waals surface area contributed by atoms with E-state index in [0.717, 1.165) is 0 Å². The second-order valence-electron chi connectivity index (χ2n) is 6.14. The highest BCUT2D eigenvalue weighted by atomic mass is 32.2. The summed E-state index contributed by atoms with van der Waals surface area (Å²) in [5, 5.41) is 8.45. The third-order valence-electron chi connectivity index (χ3n) is 3.72. The van der Waals surface area contributed by atoms with Crippen LogP contribution in [0, 0.1) is 5.92 Å². The molecule has 0 aliphatic carbocycles. The lowest BCUT2D eigenvalue weighted by Crippen LogP contribution is -2.70. The number of primary amides is 1. The molecule has 1 amide bonds. The SMILES string of the molecule is NC(=O)C(CSC(F)CC(F)(F)C(F)(F)C(F)(F)C(F)(F)C(F)(F)C(F)(F)F)CC(=O)O. The molecule has 3 N–H and O–H groups in total. The van der Waals surface area contributed by atoms with E-state index in [-0.39, 0.29) is 0 Å². The van der Waals surface area contributed by atoms with Crippen LogP contribution < -0.4 is 5.73 Å². The molecule has 0 spiro atoms. The number of carbonyl (C=O) groups is 2. The lowest BCUT2D eigenvalue weighted by atomic mass is 9.93. The average molecular weight is 527 g/mol. The Morgan fingerprint density at radius 3 is 1.53 bits per heavy atom. The Morgan fingerprint density at radius 1 is 0.781 bits per heavy atom. The minimum Gasteiger partial charge on any atom is -0.481 e. The fraction of sp³-hybridized carbons (Fsp3) is 0.846. The molecule has 190 valence electrons. The first-order chi connectivity index (χ1) is 13.9. The van der Waals surface area contributed by atoms with Gasteiger partial charge in [0.05, 0.1) is 18.8 Å². The summed E-state index contributed by atoms with van der Waals surface area (Å²) in [4.78, 5) is 21.4. The Balaban J connectivity index is 5.75. The highest BCUT2D eigenvalue weighted by Crippen LogP contribution is 2.61. The van der Waals surface area contributed by atoms with Crippen LogP contribution in [0.5, 0.6) is 0 Å². The first-order valence-electron chi connectivity index (χ1n) is 7.59. The maximum absolute atomic E-state index is 13.6. The molecule has 0 aliphatic rings. The molecule has 19 heteroatoms. The minimum atomic E-state index is -8.09. The zero-order chi connectivity index (χ0) is 26.1. The largest absolute Gasteiger partial charge is 0.481 e. The molecule has 0 bridgehead atoms. The van der Waals surface area contributed by atoms with Gasteiger partial charge in [0.2, 0.25) is 5.91 Å². The average Bonchev–Trinajstić information content (AvgIpc) is 2.55. The molecule has 2 atom stereocenters. The van der Waals surface area contributed by atoms with E-state index in [9.17, 15) is 71.1 Å². The summed E-state index contributed by atoms with van der Waals surface area (Å²) in [7, 11) is 0. The van der Waals surface area contributed by atoms with E-state index >= 15 is 0 Å². The van der Waals surface area contributed by atoms with Crippen LogP contribution in [0.1, 0.15) is 12.8 Å². The summed E-state index contributed by atoms with van der Waals surface area (Å²) >= 11 is -0.579. The maximum atomic E-state index is 13.6. The van der Waals surface area contributed by atoms with Crippen molar-refractivity contribution in [2.75, 3.05) is 5.75 Å². The van der Waals surface area contributed by atoms with E-state index in [1.807, 2.05) is 0 Å². The predicted molar refractivity (Wildman–Crippen MR) is 77.7 cm³/mol. The topological polar surface area (TPSA) is 80.4 Å². The van der Waals surface area contributed by atoms with Crippen molar-refractivity contribution in [3.05, 3.63) is 0 Å². The van der Waals surface area contributed by atoms with Gasteiger partial charge in [0.15, 0.2) is 5.50 Å². The van der Waals surface area contributed by atoms with Crippen molar-refractivity contribution >= 4 is 23.6 Å². The van der Waals surface area contributed by atoms with Crippen molar-refractivity contribution < 1.29 is 76.2 Å². The third kappa shape index (κ3) is 5.62. The van der Waals surface area contributed by atoms with Crippen molar-refractivity contribution in [2.24, 2.45) is 11.7 Å². The molecule has 0 aromatic carbocycles. The summed E-state index contributed by atoms with van der Waals surface area (Å²) in [6.45, 7) is 0. The van der Waals surface area contributed by atoms with Gasteiger partial charge in [-0.15, -0.1) is 11.8 Å². The molecule has 2 unspecified atom stereocenters. The lowest BCUT2D eigenvalue weighted by molar-refractivity contribution is -0.440. The van der Waals surface area contributed by atoms with Gasteiger partial charge in [-0.05, 0) is 0 Å². The second kappa shape index (κ2) is 9.28. The predicted octanol–water partition coefficient (Wildman–Crippen LogP) is 4.72. The van der Waals surface area contributed by atoms with E-state index in [1.165, 1.54) is 0 Å². The number of alkyl halides is 14. The second-order valence-corrected chi connectivity index (χ2v) is 7.32. The highest BCUT2D eigenvalue weighted by molar-refractivity contribution is 7.99. The number of halogens is 14. The van der Waals surface area contributed by atoms with Crippen molar-refractivity contribution in [3.63, 3.8) is 0 Å². The molecule has 0 heterocycles. The van der Waals surface area contributed by atoms with Crippen molar-refractivity contribution in [1.29, 1.82) is 0 Å². The van der Waals surface area contributed by atoms with Crippen LogP contribution in [0.2, 0.25) is 0 Å². The number of rotatable bonds is 12. The van der Waals surface area contributed by atoms with Crippen molar-refractivity contribution in [1.82, 2.24) is 0 Å². The maximum Gasteiger partial charge on any atom is 0.460 e. The van der Waals surface area contributed by atoms with Crippen LogP contribution in [0.3, 0.4) is 0 Å². The molecule has 0 rings (SSSR count). The van der Waals surface area contributed by atoms with E-state index in [4.69, 9.17) is 10.8 Å². The smallest absolute Gasteiger partial charge is 0.460 e. The fourth-order valence-electron chi connectivity index (χ4n) is 1.86. The fourth-order valence-corrected chi connectivity index (χ4v) is 2.91. The number of carbonyl (C=O) groups excluding carboxylic acids is 1. The van der Waals surface area contributed by atoms with E-state index in [1.54, 1.807) is 0 Å². The quantitative estimate of drug-likeness (QED) is 0.360.